The molecule has 28 heavy (non-hydrogen) atoms. The van der Waals surface area contributed by atoms with Crippen LogP contribution in [0.25, 0.3) is 10.6 Å². The number of nitro groups is 1. The summed E-state index contributed by atoms with van der Waals surface area (Å²) in [6.45, 7) is 1.22. The zero-order valence-electron chi connectivity index (χ0n) is 14.9. The Hall–Kier alpha value is -2.78. The number of hydrogen-bond acceptors (Lipinski definition) is 7. The fourth-order valence-corrected chi connectivity index (χ4v) is 4.82. The highest BCUT2D eigenvalue weighted by atomic mass is 32.1. The number of carbonyl (C=O) groups excluding carboxylic acids is 1. The van der Waals surface area contributed by atoms with Crippen LogP contribution in [0.15, 0.2) is 47.2 Å². The van der Waals surface area contributed by atoms with Crippen LogP contribution in [0.2, 0.25) is 0 Å². The van der Waals surface area contributed by atoms with Gasteiger partial charge in [-0.15, -0.1) is 22.7 Å². The molecule has 4 rings (SSSR count). The minimum Gasteiger partial charge on any atom is -0.366 e. The van der Waals surface area contributed by atoms with Crippen LogP contribution in [0.3, 0.4) is 0 Å². The minimum absolute atomic E-state index is 0.0331. The Balaban J connectivity index is 1.36. The average Bonchev–Trinajstić information content (AvgIpc) is 3.40. The molecule has 1 aliphatic rings. The van der Waals surface area contributed by atoms with Crippen molar-refractivity contribution in [3.05, 3.63) is 57.3 Å². The molecule has 1 amide bonds. The van der Waals surface area contributed by atoms with Crippen molar-refractivity contribution in [1.82, 2.24) is 4.98 Å². The lowest BCUT2D eigenvalue weighted by molar-refractivity contribution is -0.384. The summed E-state index contributed by atoms with van der Waals surface area (Å²) in [6.07, 6.45) is 1.31. The van der Waals surface area contributed by atoms with Gasteiger partial charge < -0.3 is 10.2 Å². The maximum absolute atomic E-state index is 12.6. The van der Waals surface area contributed by atoms with E-state index in [1.165, 1.54) is 17.4 Å². The molecule has 3 heterocycles. The van der Waals surface area contributed by atoms with E-state index in [0.29, 0.717) is 36.8 Å². The van der Waals surface area contributed by atoms with E-state index in [9.17, 15) is 14.9 Å². The number of anilines is 2. The van der Waals surface area contributed by atoms with Gasteiger partial charge in [0.25, 0.3) is 5.69 Å². The van der Waals surface area contributed by atoms with Gasteiger partial charge in [-0.25, -0.2) is 4.98 Å². The molecule has 144 valence electrons. The van der Waals surface area contributed by atoms with Crippen LogP contribution in [-0.2, 0) is 4.79 Å². The first-order valence-corrected chi connectivity index (χ1v) is 10.7. The summed E-state index contributed by atoms with van der Waals surface area (Å²) >= 11 is 3.04. The molecule has 2 aromatic heterocycles. The second kappa shape index (κ2) is 8.07. The molecule has 1 saturated heterocycles. The number of rotatable bonds is 5. The number of para-hydroxylation sites is 2. The largest absolute Gasteiger partial charge is 0.366 e. The van der Waals surface area contributed by atoms with Crippen LogP contribution in [-0.4, -0.2) is 28.9 Å². The van der Waals surface area contributed by atoms with E-state index < -0.39 is 0 Å². The number of amides is 1. The molecule has 7 nitrogen and oxygen atoms in total. The number of aromatic nitrogens is 1. The summed E-state index contributed by atoms with van der Waals surface area (Å²) < 4.78 is 0. The Bertz CT molecular complexity index is 979. The lowest BCUT2D eigenvalue weighted by Crippen LogP contribution is -2.38. The van der Waals surface area contributed by atoms with E-state index in [1.54, 1.807) is 29.5 Å². The third kappa shape index (κ3) is 3.90. The fourth-order valence-electron chi connectivity index (χ4n) is 3.34. The van der Waals surface area contributed by atoms with Gasteiger partial charge in [0.2, 0.25) is 5.91 Å². The number of carbonyl (C=O) groups is 1. The quantitative estimate of drug-likeness (QED) is 0.485. The second-order valence-corrected chi connectivity index (χ2v) is 8.32. The van der Waals surface area contributed by atoms with E-state index >= 15 is 0 Å². The molecule has 1 N–H and O–H groups in total. The lowest BCUT2D eigenvalue weighted by atomic mass is 9.95. The van der Waals surface area contributed by atoms with Crippen molar-refractivity contribution in [2.75, 3.05) is 23.3 Å². The maximum atomic E-state index is 12.6. The van der Waals surface area contributed by atoms with Crippen LogP contribution in [0.4, 0.5) is 16.5 Å². The van der Waals surface area contributed by atoms with Crippen LogP contribution < -0.4 is 10.2 Å². The molecule has 1 aromatic carbocycles. The number of nitrogens with one attached hydrogen (secondary N) is 1. The highest BCUT2D eigenvalue weighted by molar-refractivity contribution is 7.16. The van der Waals surface area contributed by atoms with E-state index in [4.69, 9.17) is 0 Å². The molecule has 0 aliphatic carbocycles. The zero-order chi connectivity index (χ0) is 19.5. The summed E-state index contributed by atoms with van der Waals surface area (Å²) in [5.74, 6) is -0.151. The molecule has 0 bridgehead atoms. The monoisotopic (exact) mass is 414 g/mol. The molecule has 0 radical (unpaired) electrons. The van der Waals surface area contributed by atoms with Gasteiger partial charge in [-0.2, -0.15) is 0 Å². The molecule has 0 unspecified atom stereocenters. The van der Waals surface area contributed by atoms with Crippen molar-refractivity contribution in [1.29, 1.82) is 0 Å². The summed E-state index contributed by atoms with van der Waals surface area (Å²) in [6, 6.07) is 10.7. The molecule has 9 heteroatoms. The van der Waals surface area contributed by atoms with Crippen molar-refractivity contribution in [2.24, 2.45) is 5.92 Å². The minimum atomic E-state index is -0.359. The van der Waals surface area contributed by atoms with Gasteiger partial charge >= 0.3 is 0 Å². The van der Waals surface area contributed by atoms with Crippen LogP contribution >= 0.6 is 22.7 Å². The van der Waals surface area contributed by atoms with Crippen molar-refractivity contribution < 1.29 is 9.72 Å². The molecular weight excluding hydrogens is 396 g/mol. The van der Waals surface area contributed by atoms with Crippen molar-refractivity contribution in [3.63, 3.8) is 0 Å². The number of piperidine rings is 1. The molecule has 0 spiro atoms. The molecule has 0 saturated carbocycles. The first kappa shape index (κ1) is 18.6. The van der Waals surface area contributed by atoms with Crippen molar-refractivity contribution in [2.45, 2.75) is 12.8 Å². The Morgan fingerprint density at radius 2 is 1.96 bits per heavy atom. The first-order valence-electron chi connectivity index (χ1n) is 8.90. The number of benzene rings is 1. The standard InChI is InChI=1S/C19H18N4O3S2/c24-18(21-19-20-14(12-28-19)17-6-3-11-27-17)13-7-9-22(10-8-13)15-4-1-2-5-16(15)23(25)26/h1-6,11-13H,7-10H2,(H,20,21,24). The first-order chi connectivity index (χ1) is 13.6. The maximum Gasteiger partial charge on any atom is 0.292 e. The number of hydrogen-bond donors (Lipinski definition) is 1. The number of nitrogens with zero attached hydrogens (tertiary/aromatic N) is 3. The predicted octanol–water partition coefficient (Wildman–Crippen LogP) is 4.63. The Morgan fingerprint density at radius 1 is 1.18 bits per heavy atom. The van der Waals surface area contributed by atoms with Gasteiger partial charge in [0.05, 0.1) is 15.5 Å². The number of nitro benzene ring substituents is 1. The SMILES string of the molecule is O=C(Nc1nc(-c2cccs2)cs1)C1CCN(c2ccccc2[N+](=O)[O-])CC1. The fraction of sp³-hybridized carbons (Fsp3) is 0.263. The third-order valence-electron chi connectivity index (χ3n) is 4.79. The van der Waals surface area contributed by atoms with E-state index in [2.05, 4.69) is 10.3 Å². The van der Waals surface area contributed by atoms with Crippen molar-refractivity contribution in [3.8, 4) is 10.6 Å². The zero-order valence-corrected chi connectivity index (χ0v) is 16.5. The summed E-state index contributed by atoms with van der Waals surface area (Å²) in [5, 5.41) is 18.7. The van der Waals surface area contributed by atoms with E-state index in [1.807, 2.05) is 27.8 Å². The molecule has 1 fully saturated rings. The number of thiophene rings is 1. The van der Waals surface area contributed by atoms with Gasteiger partial charge in [-0.1, -0.05) is 18.2 Å². The van der Waals surface area contributed by atoms with E-state index in [0.717, 1.165) is 10.6 Å². The topological polar surface area (TPSA) is 88.4 Å². The molecule has 0 atom stereocenters. The van der Waals surface area contributed by atoms with Crippen LogP contribution in [0.5, 0.6) is 0 Å². The summed E-state index contributed by atoms with van der Waals surface area (Å²) in [4.78, 5) is 31.0. The van der Waals surface area contributed by atoms with Crippen molar-refractivity contribution >= 4 is 45.1 Å². The third-order valence-corrected chi connectivity index (χ3v) is 6.44. The van der Waals surface area contributed by atoms with Gasteiger partial charge in [0.1, 0.15) is 5.69 Å². The highest BCUT2D eigenvalue weighted by Crippen LogP contribution is 2.32. The highest BCUT2D eigenvalue weighted by Gasteiger charge is 2.28. The van der Waals surface area contributed by atoms with Gasteiger partial charge in [-0.3, -0.25) is 14.9 Å². The lowest BCUT2D eigenvalue weighted by Gasteiger charge is -2.32. The Labute approximate surface area is 169 Å². The van der Waals surface area contributed by atoms with Gasteiger partial charge in [0, 0.05) is 30.5 Å². The van der Waals surface area contributed by atoms with E-state index in [-0.39, 0.29) is 22.4 Å². The van der Waals surface area contributed by atoms with Crippen LogP contribution in [0.1, 0.15) is 12.8 Å². The number of thiazole rings is 1. The average molecular weight is 415 g/mol. The smallest absolute Gasteiger partial charge is 0.292 e. The van der Waals surface area contributed by atoms with Crippen LogP contribution in [0, 0.1) is 16.0 Å². The summed E-state index contributed by atoms with van der Waals surface area (Å²) in [5.41, 5.74) is 1.60. The van der Waals surface area contributed by atoms with Gasteiger partial charge in [0.15, 0.2) is 5.13 Å². The molecular formula is C19H18N4O3S2. The molecule has 1 aliphatic heterocycles. The Kier molecular flexibility index (Phi) is 5.36. The predicted molar refractivity (Wildman–Crippen MR) is 112 cm³/mol. The second-order valence-electron chi connectivity index (χ2n) is 6.51. The Morgan fingerprint density at radius 3 is 2.68 bits per heavy atom. The van der Waals surface area contributed by atoms with Gasteiger partial charge in [-0.05, 0) is 30.4 Å². The molecule has 3 aromatic rings. The normalized spacial score (nSPS) is 14.8. The summed E-state index contributed by atoms with van der Waals surface area (Å²) in [7, 11) is 0.